The molecule has 18 heavy (non-hydrogen) atoms. The largest absolute Gasteiger partial charge is 0.325 e. The molecule has 0 atom stereocenters. The van der Waals surface area contributed by atoms with Gasteiger partial charge in [-0.1, -0.05) is 56.0 Å². The van der Waals surface area contributed by atoms with E-state index in [1.54, 1.807) is 0 Å². The molecule has 102 valence electrons. The molecule has 1 aromatic rings. The third kappa shape index (κ3) is 8.46. The zero-order chi connectivity index (χ0) is 13.3. The first-order chi connectivity index (χ1) is 8.58. The summed E-state index contributed by atoms with van der Waals surface area (Å²) in [5.74, 6) is 0. The summed E-state index contributed by atoms with van der Waals surface area (Å²) < 4.78 is 10.6. The van der Waals surface area contributed by atoms with Crippen LogP contribution < -0.4 is 0 Å². The molecule has 0 saturated carbocycles. The fourth-order valence-corrected chi connectivity index (χ4v) is 2.63. The fourth-order valence-electron chi connectivity index (χ4n) is 2.00. The van der Waals surface area contributed by atoms with Gasteiger partial charge < -0.3 is 9.79 Å². The third-order valence-corrected chi connectivity index (χ3v) is 3.91. The van der Waals surface area contributed by atoms with Crippen LogP contribution in [0.2, 0.25) is 0 Å². The van der Waals surface area contributed by atoms with Crippen molar-refractivity contribution in [2.24, 2.45) is 0 Å². The molecular weight excluding hydrogens is 247 g/mol. The van der Waals surface area contributed by atoms with E-state index in [2.05, 4.69) is 24.3 Å². The molecule has 0 heterocycles. The van der Waals surface area contributed by atoms with Crippen LogP contribution >= 0.6 is 7.60 Å². The van der Waals surface area contributed by atoms with E-state index >= 15 is 0 Å². The van der Waals surface area contributed by atoms with Gasteiger partial charge in [-0.3, -0.25) is 4.57 Å². The van der Waals surface area contributed by atoms with Crippen molar-refractivity contribution in [3.05, 3.63) is 35.9 Å². The summed E-state index contributed by atoms with van der Waals surface area (Å²) >= 11 is 0. The smallest absolute Gasteiger partial charge is 0.324 e. The van der Waals surface area contributed by atoms with Gasteiger partial charge >= 0.3 is 7.60 Å². The van der Waals surface area contributed by atoms with Crippen molar-refractivity contribution in [2.75, 3.05) is 6.16 Å². The molecule has 2 N–H and O–H groups in total. The summed E-state index contributed by atoms with van der Waals surface area (Å²) in [6, 6.07) is 10.5. The van der Waals surface area contributed by atoms with Crippen molar-refractivity contribution in [1.29, 1.82) is 0 Å². The highest BCUT2D eigenvalue weighted by Gasteiger charge is 2.10. The van der Waals surface area contributed by atoms with E-state index < -0.39 is 7.60 Å². The molecular formula is C14H23O3P. The second-order valence-electron chi connectivity index (χ2n) is 4.75. The average molecular weight is 270 g/mol. The van der Waals surface area contributed by atoms with Crippen molar-refractivity contribution in [3.63, 3.8) is 0 Å². The zero-order valence-corrected chi connectivity index (χ0v) is 11.7. The fraction of sp³-hybridized carbons (Fsp3) is 0.571. The van der Waals surface area contributed by atoms with E-state index in [4.69, 9.17) is 9.79 Å². The Labute approximate surface area is 109 Å². The molecule has 0 aliphatic heterocycles. The number of rotatable bonds is 9. The SMILES string of the molecule is O=P(O)(O)CCCCCCCCc1ccccc1. The van der Waals surface area contributed by atoms with Gasteiger partial charge in [-0.05, 0) is 24.8 Å². The molecule has 0 saturated heterocycles. The predicted molar refractivity (Wildman–Crippen MR) is 74.8 cm³/mol. The highest BCUT2D eigenvalue weighted by Crippen LogP contribution is 2.35. The maximum atomic E-state index is 10.6. The number of benzene rings is 1. The van der Waals surface area contributed by atoms with E-state index in [-0.39, 0.29) is 6.16 Å². The van der Waals surface area contributed by atoms with Crippen LogP contribution in [0, 0.1) is 0 Å². The summed E-state index contributed by atoms with van der Waals surface area (Å²) in [7, 11) is -3.77. The van der Waals surface area contributed by atoms with E-state index in [0.29, 0.717) is 6.42 Å². The Balaban J connectivity index is 1.92. The zero-order valence-electron chi connectivity index (χ0n) is 10.8. The number of aryl methyl sites for hydroxylation is 1. The molecule has 0 fully saturated rings. The van der Waals surface area contributed by atoms with Crippen LogP contribution in [-0.2, 0) is 11.0 Å². The van der Waals surface area contributed by atoms with Gasteiger partial charge in [0.1, 0.15) is 0 Å². The Hall–Kier alpha value is -0.630. The summed E-state index contributed by atoms with van der Waals surface area (Å²) in [5, 5.41) is 0. The van der Waals surface area contributed by atoms with Gasteiger partial charge in [0.15, 0.2) is 0 Å². The van der Waals surface area contributed by atoms with Crippen LogP contribution in [0.25, 0.3) is 0 Å². The van der Waals surface area contributed by atoms with Gasteiger partial charge in [0.25, 0.3) is 0 Å². The highest BCUT2D eigenvalue weighted by molar-refractivity contribution is 7.51. The minimum Gasteiger partial charge on any atom is -0.324 e. The quantitative estimate of drug-likeness (QED) is 0.530. The van der Waals surface area contributed by atoms with Gasteiger partial charge in [0.05, 0.1) is 0 Å². The van der Waals surface area contributed by atoms with Crippen molar-refractivity contribution >= 4 is 7.60 Å². The van der Waals surface area contributed by atoms with Gasteiger partial charge in [0.2, 0.25) is 0 Å². The van der Waals surface area contributed by atoms with Crippen molar-refractivity contribution < 1.29 is 14.4 Å². The van der Waals surface area contributed by atoms with E-state index in [0.717, 1.165) is 25.7 Å². The average Bonchev–Trinajstić information content (AvgIpc) is 2.32. The van der Waals surface area contributed by atoms with Crippen LogP contribution in [0.15, 0.2) is 30.3 Å². The number of hydrogen-bond acceptors (Lipinski definition) is 1. The van der Waals surface area contributed by atoms with Crippen LogP contribution in [-0.4, -0.2) is 15.9 Å². The molecule has 4 heteroatoms. The van der Waals surface area contributed by atoms with Crippen molar-refractivity contribution in [2.45, 2.75) is 44.9 Å². The molecule has 0 radical (unpaired) electrons. The van der Waals surface area contributed by atoms with Gasteiger partial charge in [-0.15, -0.1) is 0 Å². The third-order valence-electron chi connectivity index (χ3n) is 3.01. The Morgan fingerprint density at radius 3 is 2.00 bits per heavy atom. The van der Waals surface area contributed by atoms with E-state index in [1.165, 1.54) is 18.4 Å². The molecule has 0 aliphatic carbocycles. The summed E-state index contributed by atoms with van der Waals surface area (Å²) in [5.41, 5.74) is 1.39. The van der Waals surface area contributed by atoms with Crippen LogP contribution in [0.3, 0.4) is 0 Å². The van der Waals surface area contributed by atoms with Gasteiger partial charge in [-0.25, -0.2) is 0 Å². The van der Waals surface area contributed by atoms with Gasteiger partial charge in [0, 0.05) is 6.16 Å². The predicted octanol–water partition coefficient (Wildman–Crippen LogP) is 3.75. The molecule has 0 aromatic heterocycles. The van der Waals surface area contributed by atoms with Gasteiger partial charge in [-0.2, -0.15) is 0 Å². The Bertz CT molecular complexity index is 359. The Kier molecular flexibility index (Phi) is 7.26. The lowest BCUT2D eigenvalue weighted by molar-refractivity contribution is 0.370. The molecule has 0 amide bonds. The van der Waals surface area contributed by atoms with Crippen LogP contribution in [0.5, 0.6) is 0 Å². The first-order valence-corrected chi connectivity index (χ1v) is 8.46. The van der Waals surface area contributed by atoms with E-state index in [1.807, 2.05) is 6.07 Å². The summed E-state index contributed by atoms with van der Waals surface area (Å²) in [6.07, 6.45) is 7.37. The molecule has 1 rings (SSSR count). The monoisotopic (exact) mass is 270 g/mol. The lowest BCUT2D eigenvalue weighted by atomic mass is 10.1. The summed E-state index contributed by atoms with van der Waals surface area (Å²) in [4.78, 5) is 17.4. The van der Waals surface area contributed by atoms with Crippen LogP contribution in [0.1, 0.15) is 44.1 Å². The lowest BCUT2D eigenvalue weighted by Crippen LogP contribution is -1.89. The van der Waals surface area contributed by atoms with E-state index in [9.17, 15) is 4.57 Å². The first-order valence-electron chi connectivity index (χ1n) is 6.66. The second-order valence-corrected chi connectivity index (χ2v) is 6.52. The minimum atomic E-state index is -3.77. The van der Waals surface area contributed by atoms with Crippen molar-refractivity contribution in [1.82, 2.24) is 0 Å². The topological polar surface area (TPSA) is 57.5 Å². The Morgan fingerprint density at radius 2 is 1.39 bits per heavy atom. The highest BCUT2D eigenvalue weighted by atomic mass is 31.2. The Morgan fingerprint density at radius 1 is 0.833 bits per heavy atom. The molecule has 3 nitrogen and oxygen atoms in total. The maximum absolute atomic E-state index is 10.6. The molecule has 0 aliphatic rings. The first kappa shape index (κ1) is 15.4. The standard InChI is InChI=1S/C14H23O3P/c15-18(16,17)13-9-4-2-1-3-6-10-14-11-7-5-8-12-14/h5,7-8,11-12H,1-4,6,9-10,13H2,(H2,15,16,17). The summed E-state index contributed by atoms with van der Waals surface area (Å²) in [6.45, 7) is 0. The minimum absolute atomic E-state index is 0.0387. The van der Waals surface area contributed by atoms with Crippen LogP contribution in [0.4, 0.5) is 0 Å². The molecule has 0 spiro atoms. The number of hydrogen-bond donors (Lipinski definition) is 2. The molecule has 0 unspecified atom stereocenters. The van der Waals surface area contributed by atoms with Crippen molar-refractivity contribution in [3.8, 4) is 0 Å². The normalized spacial score (nSPS) is 11.7. The number of unbranched alkanes of at least 4 members (excludes halogenated alkanes) is 5. The lowest BCUT2D eigenvalue weighted by Gasteiger charge is -2.04. The second kappa shape index (κ2) is 8.47. The molecule has 1 aromatic carbocycles. The maximum Gasteiger partial charge on any atom is 0.325 e. The molecule has 0 bridgehead atoms.